The number of alkyl halides is 3. The summed E-state index contributed by atoms with van der Waals surface area (Å²) in [5.41, 5.74) is 1.93. The summed E-state index contributed by atoms with van der Waals surface area (Å²) >= 11 is 0. The highest BCUT2D eigenvalue weighted by atomic mass is 32.2. The predicted molar refractivity (Wildman–Crippen MR) is 117 cm³/mol. The molecule has 3 aromatic carbocycles. The number of nitrogens with one attached hydrogen (secondary N) is 1. The molecule has 0 saturated heterocycles. The Balaban J connectivity index is 1.79. The number of rotatable bonds is 7. The molecule has 0 bridgehead atoms. The van der Waals surface area contributed by atoms with E-state index in [2.05, 4.69) is 9.46 Å². The van der Waals surface area contributed by atoms with Crippen LogP contribution in [-0.4, -0.2) is 25.9 Å². The number of benzene rings is 3. The second-order valence-electron chi connectivity index (χ2n) is 7.46. The summed E-state index contributed by atoms with van der Waals surface area (Å²) in [5, 5.41) is 9.43. The highest BCUT2D eigenvalue weighted by molar-refractivity contribution is 7.92. The molecule has 6 nitrogen and oxygen atoms in total. The lowest BCUT2D eigenvalue weighted by atomic mass is 9.97. The number of halogens is 3. The van der Waals surface area contributed by atoms with E-state index >= 15 is 0 Å². The molecule has 0 saturated carbocycles. The SMILES string of the molecule is CC(C)c1ccc(S(=O)(=O)Nc2ccc(-c3ccc(OC(F)(F)F)cc3)cc2)cc1C(=O)O. The Bertz CT molecular complexity index is 1250. The Kier molecular flexibility index (Phi) is 6.68. The quantitative estimate of drug-likeness (QED) is 0.442. The molecule has 0 aliphatic rings. The smallest absolute Gasteiger partial charge is 0.478 e. The largest absolute Gasteiger partial charge is 0.573 e. The van der Waals surface area contributed by atoms with Crippen molar-refractivity contribution in [1.82, 2.24) is 0 Å². The lowest BCUT2D eigenvalue weighted by Crippen LogP contribution is -2.16. The number of anilines is 1. The van der Waals surface area contributed by atoms with Crippen molar-refractivity contribution in [3.63, 3.8) is 0 Å². The first-order chi connectivity index (χ1) is 15.4. The zero-order valence-corrected chi connectivity index (χ0v) is 18.4. The molecule has 2 N–H and O–H groups in total. The van der Waals surface area contributed by atoms with E-state index in [9.17, 15) is 31.5 Å². The summed E-state index contributed by atoms with van der Waals surface area (Å²) in [6, 6.07) is 15.4. The maximum Gasteiger partial charge on any atom is 0.573 e. The maximum atomic E-state index is 12.8. The average molecular weight is 479 g/mol. The number of carboxylic acid groups (broad SMARTS) is 1. The van der Waals surface area contributed by atoms with Crippen molar-refractivity contribution < 1.29 is 36.2 Å². The van der Waals surface area contributed by atoms with Crippen LogP contribution in [0.3, 0.4) is 0 Å². The predicted octanol–water partition coefficient (Wildman–Crippen LogP) is 5.87. The second kappa shape index (κ2) is 9.14. The first kappa shape index (κ1) is 24.1. The number of hydrogen-bond acceptors (Lipinski definition) is 4. The molecule has 0 unspecified atom stereocenters. The molecular weight excluding hydrogens is 459 g/mol. The molecule has 3 rings (SSSR count). The van der Waals surface area contributed by atoms with Crippen LogP contribution in [-0.2, 0) is 10.0 Å². The highest BCUT2D eigenvalue weighted by Gasteiger charge is 2.31. The number of sulfonamides is 1. The number of hydrogen-bond donors (Lipinski definition) is 2. The number of carbonyl (C=O) groups is 1. The third-order valence-electron chi connectivity index (χ3n) is 4.75. The molecule has 174 valence electrons. The van der Waals surface area contributed by atoms with E-state index in [0.717, 1.165) is 6.07 Å². The van der Waals surface area contributed by atoms with Crippen LogP contribution < -0.4 is 9.46 Å². The summed E-state index contributed by atoms with van der Waals surface area (Å²) in [6.45, 7) is 3.62. The fourth-order valence-electron chi connectivity index (χ4n) is 3.19. The molecule has 3 aromatic rings. The van der Waals surface area contributed by atoms with Gasteiger partial charge in [-0.3, -0.25) is 4.72 Å². The van der Waals surface area contributed by atoms with E-state index < -0.39 is 22.4 Å². The fraction of sp³-hybridized carbons (Fsp3) is 0.174. The second-order valence-corrected chi connectivity index (χ2v) is 9.15. The average Bonchev–Trinajstić information content (AvgIpc) is 2.73. The van der Waals surface area contributed by atoms with Crippen molar-refractivity contribution in [2.75, 3.05) is 4.72 Å². The Labute approximate surface area is 188 Å². The third-order valence-corrected chi connectivity index (χ3v) is 6.12. The standard InChI is InChI=1S/C23H20F3NO5S/c1-14(2)20-12-11-19(13-21(20)22(28)29)33(30,31)27-17-7-3-15(4-8-17)16-5-9-18(10-6-16)32-23(24,25)26/h3-14,27H,1-2H3,(H,28,29). The Hall–Kier alpha value is -3.53. The molecule has 10 heteroatoms. The van der Waals surface area contributed by atoms with E-state index in [1.165, 1.54) is 48.5 Å². The van der Waals surface area contributed by atoms with Crippen LogP contribution in [0, 0.1) is 0 Å². The van der Waals surface area contributed by atoms with Gasteiger partial charge in [0, 0.05) is 5.69 Å². The minimum absolute atomic E-state index is 0.0822. The van der Waals surface area contributed by atoms with Crippen LogP contribution in [0.5, 0.6) is 5.75 Å². The van der Waals surface area contributed by atoms with Crippen molar-refractivity contribution in [2.24, 2.45) is 0 Å². The first-order valence-corrected chi connectivity index (χ1v) is 11.2. The number of aromatic carboxylic acids is 1. The summed E-state index contributed by atoms with van der Waals surface area (Å²) in [4.78, 5) is 11.4. The Morgan fingerprint density at radius 1 is 0.939 bits per heavy atom. The van der Waals surface area contributed by atoms with Crippen LogP contribution in [0.2, 0.25) is 0 Å². The van der Waals surface area contributed by atoms with Crippen molar-refractivity contribution in [2.45, 2.75) is 31.0 Å². The monoisotopic (exact) mass is 479 g/mol. The van der Waals surface area contributed by atoms with E-state index in [0.29, 0.717) is 16.7 Å². The summed E-state index contributed by atoms with van der Waals surface area (Å²) in [6.07, 6.45) is -4.78. The van der Waals surface area contributed by atoms with Gasteiger partial charge in [-0.2, -0.15) is 0 Å². The van der Waals surface area contributed by atoms with Crippen molar-refractivity contribution in [3.8, 4) is 16.9 Å². The molecule has 0 aliphatic carbocycles. The number of ether oxygens (including phenoxy) is 1. The molecule has 0 heterocycles. The molecule has 0 aromatic heterocycles. The Morgan fingerprint density at radius 3 is 1.97 bits per heavy atom. The van der Waals surface area contributed by atoms with E-state index in [4.69, 9.17) is 0 Å². The fourth-order valence-corrected chi connectivity index (χ4v) is 4.27. The molecule has 0 aliphatic heterocycles. The van der Waals surface area contributed by atoms with Crippen LogP contribution in [0.1, 0.15) is 35.7 Å². The van der Waals surface area contributed by atoms with Crippen LogP contribution >= 0.6 is 0 Å². The van der Waals surface area contributed by atoms with Crippen molar-refractivity contribution in [1.29, 1.82) is 0 Å². The van der Waals surface area contributed by atoms with E-state index in [1.54, 1.807) is 12.1 Å². The van der Waals surface area contributed by atoms with Gasteiger partial charge in [-0.15, -0.1) is 13.2 Å². The van der Waals surface area contributed by atoms with Gasteiger partial charge < -0.3 is 9.84 Å². The van der Waals surface area contributed by atoms with Crippen molar-refractivity contribution >= 4 is 21.7 Å². The van der Waals surface area contributed by atoms with Gasteiger partial charge in [-0.25, -0.2) is 13.2 Å². The third kappa shape index (κ3) is 6.04. The van der Waals surface area contributed by atoms with Crippen LogP contribution in [0.4, 0.5) is 18.9 Å². The summed E-state index contributed by atoms with van der Waals surface area (Å²) < 4.78 is 68.6. The number of carboxylic acids is 1. The first-order valence-electron chi connectivity index (χ1n) is 9.72. The van der Waals surface area contributed by atoms with Gasteiger partial charge in [-0.1, -0.05) is 44.2 Å². The molecule has 33 heavy (non-hydrogen) atoms. The zero-order valence-electron chi connectivity index (χ0n) is 17.6. The van der Waals surface area contributed by atoms with E-state index in [-0.39, 0.29) is 27.8 Å². The molecular formula is C23H20F3NO5S. The molecule has 0 radical (unpaired) electrons. The van der Waals surface area contributed by atoms with Gasteiger partial charge in [0.2, 0.25) is 0 Å². The summed E-state index contributed by atoms with van der Waals surface area (Å²) in [7, 11) is -4.05. The molecule has 0 spiro atoms. The maximum absolute atomic E-state index is 12.8. The van der Waals surface area contributed by atoms with Crippen molar-refractivity contribution in [3.05, 3.63) is 77.9 Å². The minimum atomic E-state index is -4.78. The van der Waals surface area contributed by atoms with Gasteiger partial charge in [-0.05, 0) is 59.0 Å². The lowest BCUT2D eigenvalue weighted by molar-refractivity contribution is -0.274. The normalized spacial score (nSPS) is 11.9. The van der Waals surface area contributed by atoms with Gasteiger partial charge in [0.1, 0.15) is 5.75 Å². The molecule has 0 fully saturated rings. The topological polar surface area (TPSA) is 92.7 Å². The minimum Gasteiger partial charge on any atom is -0.478 e. The van der Waals surface area contributed by atoms with E-state index in [1.807, 2.05) is 13.8 Å². The summed E-state index contributed by atoms with van der Waals surface area (Å²) in [5.74, 6) is -1.66. The van der Waals surface area contributed by atoms with Gasteiger partial charge >= 0.3 is 12.3 Å². The van der Waals surface area contributed by atoms with Gasteiger partial charge in [0.25, 0.3) is 10.0 Å². The van der Waals surface area contributed by atoms with Crippen LogP contribution in [0.25, 0.3) is 11.1 Å². The molecule has 0 amide bonds. The Morgan fingerprint density at radius 2 is 1.48 bits per heavy atom. The molecule has 0 atom stereocenters. The van der Waals surface area contributed by atoms with Gasteiger partial charge in [0.15, 0.2) is 0 Å². The lowest BCUT2D eigenvalue weighted by Gasteiger charge is -2.13. The highest BCUT2D eigenvalue weighted by Crippen LogP contribution is 2.28. The van der Waals surface area contributed by atoms with Crippen LogP contribution in [0.15, 0.2) is 71.6 Å². The zero-order chi connectivity index (χ0) is 24.4. The van der Waals surface area contributed by atoms with Gasteiger partial charge in [0.05, 0.1) is 10.5 Å².